The van der Waals surface area contributed by atoms with E-state index in [1.807, 2.05) is 0 Å². The molecule has 3 nitrogen and oxygen atoms in total. The van der Waals surface area contributed by atoms with Crippen molar-refractivity contribution in [1.82, 2.24) is 0 Å². The summed E-state index contributed by atoms with van der Waals surface area (Å²) in [4.78, 5) is 0. The molecule has 4 saturated carbocycles. The smallest absolute Gasteiger partial charge is 0.114 e. The zero-order chi connectivity index (χ0) is 21.5. The molecule has 2 N–H and O–H groups in total. The first-order chi connectivity index (χ1) is 14.1. The van der Waals surface area contributed by atoms with Gasteiger partial charge in [0.25, 0.3) is 0 Å². The number of hydrogen-bond donors (Lipinski definition) is 2. The predicted octanol–water partition coefficient (Wildman–Crippen LogP) is 5.57. The number of rotatable bonds is 5. The van der Waals surface area contributed by atoms with Crippen molar-refractivity contribution in [3.05, 3.63) is 0 Å². The Morgan fingerprint density at radius 3 is 2.43 bits per heavy atom. The monoisotopic (exact) mass is 418 g/mol. The topological polar surface area (TPSA) is 53.0 Å². The average molecular weight is 419 g/mol. The highest BCUT2D eigenvalue weighted by Crippen LogP contribution is 2.74. The highest BCUT2D eigenvalue weighted by atomic mass is 16.6. The van der Waals surface area contributed by atoms with E-state index in [2.05, 4.69) is 34.6 Å². The van der Waals surface area contributed by atoms with Gasteiger partial charge in [-0.25, -0.2) is 0 Å². The summed E-state index contributed by atoms with van der Waals surface area (Å²) >= 11 is 0. The third kappa shape index (κ3) is 2.86. The summed E-state index contributed by atoms with van der Waals surface area (Å²) in [6, 6.07) is 0. The summed E-state index contributed by atoms with van der Waals surface area (Å²) in [5.74, 6) is 4.03. The molecular weight excluding hydrogens is 372 g/mol. The number of ether oxygens (including phenoxy) is 1. The van der Waals surface area contributed by atoms with Gasteiger partial charge in [-0.3, -0.25) is 0 Å². The quantitative estimate of drug-likeness (QED) is 0.574. The van der Waals surface area contributed by atoms with E-state index in [0.29, 0.717) is 23.2 Å². The molecule has 30 heavy (non-hydrogen) atoms. The third-order valence-electron chi connectivity index (χ3n) is 11.3. The molecule has 0 unspecified atom stereocenters. The maximum Gasteiger partial charge on any atom is 0.114 e. The van der Waals surface area contributed by atoms with Gasteiger partial charge < -0.3 is 14.9 Å². The third-order valence-corrected chi connectivity index (χ3v) is 11.3. The standard InChI is InChI=1S/C27H46O3/c1-16(2)7-6-8-17(3)19-9-10-20-22-21(12-13-25(19,20)4)26(5)14-11-18(28)15-27(26)24(30-27)23(22)29/h16-24,28-29H,6-15H2,1-5H3/t17-,18-,19-,20+,21+,22+,23-,24-,25-,26-,27-/m1/s1. The van der Waals surface area contributed by atoms with Gasteiger partial charge in [0, 0.05) is 11.8 Å². The van der Waals surface area contributed by atoms with Gasteiger partial charge in [0.15, 0.2) is 0 Å². The summed E-state index contributed by atoms with van der Waals surface area (Å²) < 4.78 is 6.37. The van der Waals surface area contributed by atoms with Crippen LogP contribution in [0, 0.1) is 46.3 Å². The van der Waals surface area contributed by atoms with Gasteiger partial charge in [-0.15, -0.1) is 0 Å². The highest BCUT2D eigenvalue weighted by molar-refractivity contribution is 5.26. The summed E-state index contributed by atoms with van der Waals surface area (Å²) in [7, 11) is 0. The van der Waals surface area contributed by atoms with Gasteiger partial charge in [-0.05, 0) is 79.4 Å². The van der Waals surface area contributed by atoms with Crippen LogP contribution < -0.4 is 0 Å². The molecule has 5 fully saturated rings. The van der Waals surface area contributed by atoms with E-state index in [4.69, 9.17) is 4.74 Å². The predicted molar refractivity (Wildman–Crippen MR) is 120 cm³/mol. The van der Waals surface area contributed by atoms with Gasteiger partial charge in [-0.1, -0.05) is 53.9 Å². The van der Waals surface area contributed by atoms with Crippen molar-refractivity contribution in [2.45, 2.75) is 123 Å². The molecule has 0 aromatic rings. The van der Waals surface area contributed by atoms with Crippen LogP contribution in [0.25, 0.3) is 0 Å². The fourth-order valence-electron chi connectivity index (χ4n) is 9.67. The molecule has 4 aliphatic carbocycles. The summed E-state index contributed by atoms with van der Waals surface area (Å²) in [6.07, 6.45) is 11.4. The summed E-state index contributed by atoms with van der Waals surface area (Å²) in [5, 5.41) is 21.9. The van der Waals surface area contributed by atoms with Crippen molar-refractivity contribution < 1.29 is 14.9 Å². The van der Waals surface area contributed by atoms with E-state index in [1.165, 1.54) is 44.9 Å². The molecule has 1 heterocycles. The molecule has 1 saturated heterocycles. The van der Waals surface area contributed by atoms with E-state index in [9.17, 15) is 10.2 Å². The van der Waals surface area contributed by atoms with Crippen LogP contribution in [-0.2, 0) is 4.74 Å². The van der Waals surface area contributed by atoms with E-state index in [1.54, 1.807) is 0 Å². The van der Waals surface area contributed by atoms with Crippen molar-refractivity contribution >= 4 is 0 Å². The van der Waals surface area contributed by atoms with Crippen LogP contribution in [0.2, 0.25) is 0 Å². The highest BCUT2D eigenvalue weighted by Gasteiger charge is 2.79. The number of hydrogen-bond acceptors (Lipinski definition) is 3. The molecule has 0 aromatic carbocycles. The van der Waals surface area contributed by atoms with Gasteiger partial charge in [-0.2, -0.15) is 0 Å². The normalized spacial score (nSPS) is 55.4. The second-order valence-corrected chi connectivity index (χ2v) is 13.1. The Hall–Kier alpha value is -0.120. The molecule has 11 atom stereocenters. The Labute approximate surface area is 184 Å². The van der Waals surface area contributed by atoms with Crippen molar-refractivity contribution in [3.63, 3.8) is 0 Å². The Balaban J connectivity index is 1.37. The lowest BCUT2D eigenvalue weighted by molar-refractivity contribution is -0.151. The second-order valence-electron chi connectivity index (χ2n) is 13.1. The van der Waals surface area contributed by atoms with E-state index < -0.39 is 0 Å². The van der Waals surface area contributed by atoms with Crippen molar-refractivity contribution in [2.24, 2.45) is 46.3 Å². The van der Waals surface area contributed by atoms with Crippen LogP contribution in [0.1, 0.15) is 98.8 Å². The molecule has 0 radical (unpaired) electrons. The fourth-order valence-corrected chi connectivity index (χ4v) is 9.67. The molecule has 1 spiro atoms. The van der Waals surface area contributed by atoms with Crippen LogP contribution in [0.5, 0.6) is 0 Å². The first-order valence-corrected chi connectivity index (χ1v) is 13.2. The van der Waals surface area contributed by atoms with Crippen molar-refractivity contribution in [1.29, 1.82) is 0 Å². The van der Waals surface area contributed by atoms with E-state index in [0.717, 1.165) is 37.0 Å². The van der Waals surface area contributed by atoms with Crippen LogP contribution in [0.15, 0.2) is 0 Å². The van der Waals surface area contributed by atoms with E-state index in [-0.39, 0.29) is 29.3 Å². The lowest BCUT2D eigenvalue weighted by Crippen LogP contribution is -2.63. The van der Waals surface area contributed by atoms with Crippen LogP contribution in [0.4, 0.5) is 0 Å². The zero-order valence-electron chi connectivity index (χ0n) is 20.1. The number of fused-ring (bicyclic) bond motifs is 4. The number of aliphatic hydroxyl groups is 2. The molecular formula is C27H46O3. The zero-order valence-corrected chi connectivity index (χ0v) is 20.1. The van der Waals surface area contributed by atoms with Crippen molar-refractivity contribution in [3.8, 4) is 0 Å². The average Bonchev–Trinajstić information content (AvgIpc) is 3.29. The minimum Gasteiger partial charge on any atom is -0.393 e. The first-order valence-electron chi connectivity index (χ1n) is 13.2. The number of epoxide rings is 1. The van der Waals surface area contributed by atoms with Gasteiger partial charge >= 0.3 is 0 Å². The van der Waals surface area contributed by atoms with Gasteiger partial charge in [0.05, 0.1) is 12.2 Å². The minimum atomic E-state index is -0.326. The maximum absolute atomic E-state index is 11.5. The molecule has 0 aromatic heterocycles. The Morgan fingerprint density at radius 2 is 1.70 bits per heavy atom. The molecule has 3 heteroatoms. The fraction of sp³-hybridized carbons (Fsp3) is 1.00. The Morgan fingerprint density at radius 1 is 0.933 bits per heavy atom. The lowest BCUT2D eigenvalue weighted by Gasteiger charge is -2.60. The lowest BCUT2D eigenvalue weighted by atomic mass is 9.43. The molecule has 0 bridgehead atoms. The first kappa shape index (κ1) is 21.7. The molecule has 5 aliphatic rings. The molecule has 0 amide bonds. The second kappa shape index (κ2) is 7.19. The molecule has 172 valence electrons. The summed E-state index contributed by atoms with van der Waals surface area (Å²) in [5.41, 5.74) is 0.295. The largest absolute Gasteiger partial charge is 0.393 e. The van der Waals surface area contributed by atoms with Gasteiger partial charge in [0.1, 0.15) is 11.7 Å². The molecule has 5 rings (SSSR count). The van der Waals surface area contributed by atoms with Crippen molar-refractivity contribution in [2.75, 3.05) is 0 Å². The SMILES string of the molecule is CC(C)CCC[C@@H](C)[C@H]1CC[C@H]2[C@@H]3[C@@H](O)[C@H]4O[C@]45C[C@H](O)CC[C@]5(C)[C@H]3CC[C@]12C. The Bertz CT molecular complexity index is 662. The maximum atomic E-state index is 11.5. The van der Waals surface area contributed by atoms with Crippen LogP contribution >= 0.6 is 0 Å². The number of aliphatic hydroxyl groups excluding tert-OH is 2. The van der Waals surface area contributed by atoms with E-state index >= 15 is 0 Å². The molecule has 1 aliphatic heterocycles. The minimum absolute atomic E-state index is 0.0245. The van der Waals surface area contributed by atoms with Crippen LogP contribution in [0.3, 0.4) is 0 Å². The summed E-state index contributed by atoms with van der Waals surface area (Å²) in [6.45, 7) is 12.2. The Kier molecular flexibility index (Phi) is 5.20. The van der Waals surface area contributed by atoms with Gasteiger partial charge in [0.2, 0.25) is 0 Å². The van der Waals surface area contributed by atoms with Crippen LogP contribution in [-0.4, -0.2) is 34.1 Å².